The van der Waals surface area contributed by atoms with Gasteiger partial charge in [0.15, 0.2) is 0 Å². The van der Waals surface area contributed by atoms with Gasteiger partial charge >= 0.3 is 6.09 Å². The predicted octanol–water partition coefficient (Wildman–Crippen LogP) is 13.7. The molecule has 0 saturated carbocycles. The lowest BCUT2D eigenvalue weighted by atomic mass is 10.0. The second kappa shape index (κ2) is 44.3. The molecule has 0 rings (SSSR count). The fraction of sp³-hybridized carbons (Fsp3) is 0.977. The summed E-state index contributed by atoms with van der Waals surface area (Å²) in [6, 6.07) is 0. The molecule has 0 aliphatic carbocycles. The molecule has 0 fully saturated rings. The second-order valence-electron chi connectivity index (χ2n) is 15.0. The van der Waals surface area contributed by atoms with Crippen molar-refractivity contribution in [3.05, 3.63) is 0 Å². The van der Waals surface area contributed by atoms with E-state index < -0.39 is 0 Å². The molecule has 0 spiro atoms. The first-order chi connectivity index (χ1) is 24.7. The Hall–Kier alpha value is -0.850. The minimum absolute atomic E-state index is 0.0123. The molecule has 0 bridgehead atoms. The Bertz CT molecular complexity index is 634. The summed E-state index contributed by atoms with van der Waals surface area (Å²) in [4.78, 5) is 12.2. The predicted molar refractivity (Wildman–Crippen MR) is 215 cm³/mol. The first-order valence-corrected chi connectivity index (χ1v) is 22.3. The van der Waals surface area contributed by atoms with Gasteiger partial charge in [-0.3, -0.25) is 0 Å². The van der Waals surface area contributed by atoms with Crippen molar-refractivity contribution in [3.8, 4) is 0 Å². The number of ether oxygens (including phenoxy) is 4. The number of carbonyl (C=O) groups excluding carboxylic acids is 1. The standard InChI is InChI=1S/C44H89NO5/c1-4-6-8-10-12-14-16-18-20-22-24-26-28-30-32-34-36-43(42-50-44(46)45-37-39-48-41-40-47-3)49-38-35-33-31-29-27-25-23-21-19-17-15-13-11-9-7-5-2/h43H,4-42H2,1-3H3,(H,45,46). The summed E-state index contributed by atoms with van der Waals surface area (Å²) in [7, 11) is 1.65. The maximum atomic E-state index is 12.2. The molecule has 0 aromatic rings. The number of methoxy groups -OCH3 is 1. The van der Waals surface area contributed by atoms with E-state index in [4.69, 9.17) is 18.9 Å². The van der Waals surface area contributed by atoms with E-state index in [9.17, 15) is 4.79 Å². The highest BCUT2D eigenvalue weighted by atomic mass is 16.6. The van der Waals surface area contributed by atoms with E-state index in [1.165, 1.54) is 193 Å². The molecule has 1 unspecified atom stereocenters. The third-order valence-corrected chi connectivity index (χ3v) is 10.1. The zero-order valence-corrected chi connectivity index (χ0v) is 34.2. The van der Waals surface area contributed by atoms with Crippen molar-refractivity contribution < 1.29 is 23.7 Å². The molecule has 0 saturated heterocycles. The molecule has 0 aromatic carbocycles. The molecule has 1 N–H and O–H groups in total. The van der Waals surface area contributed by atoms with Gasteiger partial charge in [-0.05, 0) is 12.8 Å². The highest BCUT2D eigenvalue weighted by molar-refractivity contribution is 5.67. The third kappa shape index (κ3) is 41.6. The summed E-state index contributed by atoms with van der Waals surface area (Å²) in [5, 5.41) is 2.78. The number of hydrogen-bond acceptors (Lipinski definition) is 5. The van der Waals surface area contributed by atoms with E-state index >= 15 is 0 Å². The number of amides is 1. The zero-order chi connectivity index (χ0) is 36.3. The van der Waals surface area contributed by atoms with Gasteiger partial charge < -0.3 is 24.3 Å². The Morgan fingerprint density at radius 1 is 0.460 bits per heavy atom. The molecule has 0 heterocycles. The van der Waals surface area contributed by atoms with Gasteiger partial charge in [0.2, 0.25) is 0 Å². The van der Waals surface area contributed by atoms with Crippen LogP contribution in [0.4, 0.5) is 4.79 Å². The van der Waals surface area contributed by atoms with E-state index in [0.717, 1.165) is 25.9 Å². The summed E-state index contributed by atoms with van der Waals surface area (Å²) in [6.45, 7) is 7.65. The quantitative estimate of drug-likeness (QED) is 0.0638. The van der Waals surface area contributed by atoms with Crippen LogP contribution in [0.25, 0.3) is 0 Å². The highest BCUT2D eigenvalue weighted by Gasteiger charge is 2.13. The molecular weight excluding hydrogens is 622 g/mol. The lowest BCUT2D eigenvalue weighted by molar-refractivity contribution is -0.00259. The molecule has 6 heteroatoms. The molecule has 1 amide bonds. The maximum Gasteiger partial charge on any atom is 0.407 e. The van der Waals surface area contributed by atoms with Crippen LogP contribution in [0, 0.1) is 0 Å². The topological polar surface area (TPSA) is 66.0 Å². The second-order valence-corrected chi connectivity index (χ2v) is 15.0. The Balaban J connectivity index is 3.95. The zero-order valence-electron chi connectivity index (χ0n) is 34.2. The third-order valence-electron chi connectivity index (χ3n) is 10.1. The van der Waals surface area contributed by atoms with Crippen molar-refractivity contribution in [2.45, 2.75) is 232 Å². The van der Waals surface area contributed by atoms with Crippen LogP contribution in [0.1, 0.15) is 226 Å². The van der Waals surface area contributed by atoms with Gasteiger partial charge in [-0.15, -0.1) is 0 Å². The smallest absolute Gasteiger partial charge is 0.407 e. The first kappa shape index (κ1) is 49.1. The molecule has 300 valence electrons. The van der Waals surface area contributed by atoms with Crippen LogP contribution in [0.2, 0.25) is 0 Å². The van der Waals surface area contributed by atoms with Crippen molar-refractivity contribution in [2.75, 3.05) is 46.7 Å². The van der Waals surface area contributed by atoms with E-state index in [1.807, 2.05) is 0 Å². The molecule has 0 aromatic heterocycles. The number of alkyl carbamates (subject to hydrolysis) is 1. The van der Waals surface area contributed by atoms with Crippen molar-refractivity contribution in [1.29, 1.82) is 0 Å². The Morgan fingerprint density at radius 2 is 0.840 bits per heavy atom. The van der Waals surface area contributed by atoms with Crippen molar-refractivity contribution in [1.82, 2.24) is 5.32 Å². The van der Waals surface area contributed by atoms with Crippen LogP contribution >= 0.6 is 0 Å². The van der Waals surface area contributed by atoms with Crippen LogP contribution in [-0.4, -0.2) is 58.9 Å². The van der Waals surface area contributed by atoms with Crippen molar-refractivity contribution >= 4 is 6.09 Å². The van der Waals surface area contributed by atoms with Crippen molar-refractivity contribution in [3.63, 3.8) is 0 Å². The van der Waals surface area contributed by atoms with E-state index in [0.29, 0.717) is 33.0 Å². The lowest BCUT2D eigenvalue weighted by Crippen LogP contribution is -2.31. The fourth-order valence-corrected chi connectivity index (χ4v) is 6.72. The van der Waals surface area contributed by atoms with Crippen LogP contribution < -0.4 is 5.32 Å². The summed E-state index contributed by atoms with van der Waals surface area (Å²) < 4.78 is 22.2. The van der Waals surface area contributed by atoms with Gasteiger partial charge in [-0.2, -0.15) is 0 Å². The average Bonchev–Trinajstić information content (AvgIpc) is 3.12. The highest BCUT2D eigenvalue weighted by Crippen LogP contribution is 2.17. The van der Waals surface area contributed by atoms with Crippen LogP contribution in [0.15, 0.2) is 0 Å². The largest absolute Gasteiger partial charge is 0.447 e. The average molecular weight is 712 g/mol. The Kier molecular flexibility index (Phi) is 43.6. The molecule has 6 nitrogen and oxygen atoms in total. The van der Waals surface area contributed by atoms with Gasteiger partial charge in [0.25, 0.3) is 0 Å². The minimum atomic E-state index is -0.386. The van der Waals surface area contributed by atoms with Gasteiger partial charge in [-0.1, -0.05) is 213 Å². The summed E-state index contributed by atoms with van der Waals surface area (Å²) >= 11 is 0. The summed E-state index contributed by atoms with van der Waals surface area (Å²) in [5.41, 5.74) is 0. The van der Waals surface area contributed by atoms with E-state index in [-0.39, 0.29) is 12.2 Å². The first-order valence-electron chi connectivity index (χ1n) is 22.3. The van der Waals surface area contributed by atoms with Gasteiger partial charge in [-0.25, -0.2) is 4.79 Å². The monoisotopic (exact) mass is 712 g/mol. The Labute approximate surface area is 313 Å². The molecule has 0 aliphatic rings. The van der Waals surface area contributed by atoms with Gasteiger partial charge in [0.1, 0.15) is 6.61 Å². The number of carbonyl (C=O) groups is 1. The number of rotatable bonds is 43. The minimum Gasteiger partial charge on any atom is -0.447 e. The van der Waals surface area contributed by atoms with Crippen molar-refractivity contribution in [2.24, 2.45) is 0 Å². The molecular formula is C44H89NO5. The molecule has 0 radical (unpaired) electrons. The van der Waals surface area contributed by atoms with Crippen LogP contribution in [0.3, 0.4) is 0 Å². The number of hydrogen-bond donors (Lipinski definition) is 1. The summed E-state index contributed by atoms with van der Waals surface area (Å²) in [5.74, 6) is 0. The van der Waals surface area contributed by atoms with Crippen LogP contribution in [-0.2, 0) is 18.9 Å². The normalized spacial score (nSPS) is 12.1. The number of nitrogens with one attached hydrogen (secondary N) is 1. The number of unbranched alkanes of at least 4 members (excludes halogenated alkanes) is 30. The summed E-state index contributed by atoms with van der Waals surface area (Å²) in [6.07, 6.45) is 44.5. The van der Waals surface area contributed by atoms with E-state index in [2.05, 4.69) is 19.2 Å². The lowest BCUT2D eigenvalue weighted by Gasteiger charge is -2.18. The van der Waals surface area contributed by atoms with Gasteiger partial charge in [0, 0.05) is 20.3 Å². The van der Waals surface area contributed by atoms with E-state index in [1.54, 1.807) is 7.11 Å². The molecule has 50 heavy (non-hydrogen) atoms. The van der Waals surface area contributed by atoms with Crippen LogP contribution in [0.5, 0.6) is 0 Å². The SMILES string of the molecule is CCCCCCCCCCCCCCCCCCOC(CCCCCCCCCCCCCCCCCC)COC(=O)NCCOCCOC. The maximum absolute atomic E-state index is 12.2. The fourth-order valence-electron chi connectivity index (χ4n) is 6.72. The molecule has 0 aliphatic heterocycles. The molecule has 1 atom stereocenters. The Morgan fingerprint density at radius 3 is 1.24 bits per heavy atom. The van der Waals surface area contributed by atoms with Gasteiger partial charge in [0.05, 0.1) is 25.9 Å².